The molecule has 2 atom stereocenters. The highest BCUT2D eigenvalue weighted by molar-refractivity contribution is 7.87. The molecule has 1 aliphatic rings. The summed E-state index contributed by atoms with van der Waals surface area (Å²) in [6.45, 7) is 6.73. The second-order valence-electron chi connectivity index (χ2n) is 5.80. The number of likely N-dealkylation sites (N-methyl/N-ethyl adjacent to an activating group) is 2. The normalized spacial score (nSPS) is 24.6. The molecule has 0 aromatic carbocycles. The van der Waals surface area contributed by atoms with E-state index < -0.39 is 22.3 Å². The van der Waals surface area contributed by atoms with Crippen LogP contribution in [0.1, 0.15) is 37.6 Å². The summed E-state index contributed by atoms with van der Waals surface area (Å²) >= 11 is 0. The van der Waals surface area contributed by atoms with E-state index in [1.54, 1.807) is 22.8 Å². The van der Waals surface area contributed by atoms with E-state index in [1.807, 2.05) is 20.8 Å². The Hall–Kier alpha value is -1.45. The van der Waals surface area contributed by atoms with E-state index in [9.17, 15) is 13.2 Å². The van der Waals surface area contributed by atoms with Crippen molar-refractivity contribution in [1.82, 2.24) is 23.7 Å². The van der Waals surface area contributed by atoms with Crippen LogP contribution in [-0.4, -0.2) is 59.5 Å². The zero-order valence-electron chi connectivity index (χ0n) is 14.3. The van der Waals surface area contributed by atoms with Crippen LogP contribution in [0.2, 0.25) is 0 Å². The molecule has 0 aliphatic carbocycles. The minimum atomic E-state index is -3.71. The predicted octanol–water partition coefficient (Wildman–Crippen LogP) is 0.177. The van der Waals surface area contributed by atoms with E-state index in [0.717, 1.165) is 15.6 Å². The summed E-state index contributed by atoms with van der Waals surface area (Å²) in [6, 6.07) is -1.15. The van der Waals surface area contributed by atoms with E-state index in [0.29, 0.717) is 19.5 Å². The number of aryl methyl sites for hydroxylation is 2. The predicted molar refractivity (Wildman–Crippen MR) is 86.8 cm³/mol. The van der Waals surface area contributed by atoms with Crippen molar-refractivity contribution < 1.29 is 13.2 Å². The Labute approximate surface area is 137 Å². The molecule has 8 nitrogen and oxygen atoms in total. The van der Waals surface area contributed by atoms with Crippen LogP contribution in [0.4, 0.5) is 0 Å². The third-order valence-corrected chi connectivity index (χ3v) is 5.95. The number of carbonyl (C=O) groups excluding carboxylic acids is 1. The molecule has 23 heavy (non-hydrogen) atoms. The molecule has 0 saturated carbocycles. The third kappa shape index (κ3) is 3.41. The number of rotatable bonds is 4. The van der Waals surface area contributed by atoms with Gasteiger partial charge in [-0.1, -0.05) is 0 Å². The summed E-state index contributed by atoms with van der Waals surface area (Å²) in [7, 11) is -0.476. The maximum absolute atomic E-state index is 12.7. The van der Waals surface area contributed by atoms with Gasteiger partial charge >= 0.3 is 0 Å². The molecular weight excluding hydrogens is 318 g/mol. The quantitative estimate of drug-likeness (QED) is 0.845. The molecule has 0 unspecified atom stereocenters. The highest BCUT2D eigenvalue weighted by atomic mass is 32.2. The fourth-order valence-corrected chi connectivity index (χ4v) is 4.26. The fourth-order valence-electron chi connectivity index (χ4n) is 3.00. The zero-order chi connectivity index (χ0) is 17.4. The summed E-state index contributed by atoms with van der Waals surface area (Å²) in [5.74, 6) is -0.158. The van der Waals surface area contributed by atoms with Gasteiger partial charge in [0.25, 0.3) is 10.2 Å². The van der Waals surface area contributed by atoms with Gasteiger partial charge in [0.1, 0.15) is 6.04 Å². The van der Waals surface area contributed by atoms with Gasteiger partial charge in [0, 0.05) is 38.9 Å². The number of amides is 1. The summed E-state index contributed by atoms with van der Waals surface area (Å²) in [5.41, 5.74) is 1.57. The van der Waals surface area contributed by atoms with Crippen molar-refractivity contribution in [2.45, 2.75) is 39.3 Å². The van der Waals surface area contributed by atoms with Crippen molar-refractivity contribution in [2.75, 3.05) is 20.1 Å². The first kappa shape index (κ1) is 17.9. The number of aromatic nitrogens is 2. The molecule has 1 amide bonds. The summed E-state index contributed by atoms with van der Waals surface area (Å²) < 4.78 is 30.3. The number of hydrogen-bond donors (Lipinski definition) is 1. The minimum Gasteiger partial charge on any atom is -0.342 e. The number of nitrogens with one attached hydrogen (secondary N) is 1. The largest absolute Gasteiger partial charge is 0.342 e. The molecule has 9 heteroatoms. The monoisotopic (exact) mass is 343 g/mol. The molecule has 1 aromatic heterocycles. The molecule has 2 heterocycles. The lowest BCUT2D eigenvalue weighted by Gasteiger charge is -2.38. The first-order valence-corrected chi connectivity index (χ1v) is 9.19. The standard InChI is InChI=1S/C14H25N5O3S/c1-6-19(7-2)14(20)13-8-12(16-23(21,22)18(13)5)11-9-17(4)15-10(11)3/h9,12-13,16H,6-8H2,1-5H3/t12-,13-/m1/s1. The van der Waals surface area contributed by atoms with Gasteiger partial charge in [0.2, 0.25) is 5.91 Å². The Morgan fingerprint density at radius 2 is 2.00 bits per heavy atom. The third-order valence-electron chi connectivity index (χ3n) is 4.36. The van der Waals surface area contributed by atoms with Gasteiger partial charge in [-0.05, 0) is 27.2 Å². The molecule has 0 radical (unpaired) electrons. The highest BCUT2D eigenvalue weighted by Gasteiger charge is 2.42. The number of nitrogens with zero attached hydrogens (tertiary/aromatic N) is 4. The van der Waals surface area contributed by atoms with Crippen LogP contribution < -0.4 is 4.72 Å². The van der Waals surface area contributed by atoms with Crippen molar-refractivity contribution in [2.24, 2.45) is 7.05 Å². The van der Waals surface area contributed by atoms with Gasteiger partial charge < -0.3 is 4.90 Å². The summed E-state index contributed by atoms with van der Waals surface area (Å²) in [5, 5.41) is 4.26. The lowest BCUT2D eigenvalue weighted by Crippen LogP contribution is -2.57. The van der Waals surface area contributed by atoms with Gasteiger partial charge in [-0.15, -0.1) is 0 Å². The van der Waals surface area contributed by atoms with Crippen LogP contribution in [0.3, 0.4) is 0 Å². The first-order valence-electron chi connectivity index (χ1n) is 7.75. The molecule has 1 aromatic rings. The van der Waals surface area contributed by atoms with Crippen molar-refractivity contribution in [3.8, 4) is 0 Å². The van der Waals surface area contributed by atoms with Crippen LogP contribution in [-0.2, 0) is 22.1 Å². The van der Waals surface area contributed by atoms with E-state index in [4.69, 9.17) is 0 Å². The molecule has 0 spiro atoms. The Morgan fingerprint density at radius 1 is 1.39 bits per heavy atom. The number of carbonyl (C=O) groups is 1. The molecule has 1 N–H and O–H groups in total. The van der Waals surface area contributed by atoms with E-state index in [-0.39, 0.29) is 5.91 Å². The summed E-state index contributed by atoms with van der Waals surface area (Å²) in [6.07, 6.45) is 2.18. The minimum absolute atomic E-state index is 0.158. The molecular formula is C14H25N5O3S. The average Bonchev–Trinajstić information content (AvgIpc) is 2.81. The van der Waals surface area contributed by atoms with Crippen LogP contribution in [0, 0.1) is 6.92 Å². The topological polar surface area (TPSA) is 87.5 Å². The van der Waals surface area contributed by atoms with Crippen molar-refractivity contribution in [1.29, 1.82) is 0 Å². The van der Waals surface area contributed by atoms with E-state index in [1.165, 1.54) is 7.05 Å². The van der Waals surface area contributed by atoms with Gasteiger partial charge in [-0.25, -0.2) is 0 Å². The van der Waals surface area contributed by atoms with Crippen LogP contribution in [0.5, 0.6) is 0 Å². The molecule has 2 rings (SSSR count). The average molecular weight is 343 g/mol. The smallest absolute Gasteiger partial charge is 0.280 e. The maximum atomic E-state index is 12.7. The first-order chi connectivity index (χ1) is 10.7. The Kier molecular flexibility index (Phi) is 5.12. The highest BCUT2D eigenvalue weighted by Crippen LogP contribution is 2.29. The summed E-state index contributed by atoms with van der Waals surface area (Å²) in [4.78, 5) is 14.4. The van der Waals surface area contributed by atoms with Crippen LogP contribution in [0.15, 0.2) is 6.20 Å². The van der Waals surface area contributed by atoms with E-state index >= 15 is 0 Å². The van der Waals surface area contributed by atoms with Crippen molar-refractivity contribution in [3.05, 3.63) is 17.5 Å². The zero-order valence-corrected chi connectivity index (χ0v) is 15.1. The molecule has 1 saturated heterocycles. The van der Waals surface area contributed by atoms with Crippen LogP contribution in [0.25, 0.3) is 0 Å². The van der Waals surface area contributed by atoms with E-state index in [2.05, 4.69) is 9.82 Å². The lowest BCUT2D eigenvalue weighted by molar-refractivity contribution is -0.135. The fraction of sp³-hybridized carbons (Fsp3) is 0.714. The maximum Gasteiger partial charge on any atom is 0.280 e. The van der Waals surface area contributed by atoms with Gasteiger partial charge in [0.05, 0.1) is 11.7 Å². The number of hydrogen-bond acceptors (Lipinski definition) is 4. The van der Waals surface area contributed by atoms with Gasteiger partial charge in [-0.2, -0.15) is 22.5 Å². The SMILES string of the molecule is CCN(CC)C(=O)[C@H]1C[C@H](c2cn(C)nc2C)NS(=O)(=O)N1C. The molecule has 0 bridgehead atoms. The van der Waals surface area contributed by atoms with Crippen LogP contribution >= 0.6 is 0 Å². The Bertz CT molecular complexity index is 681. The molecule has 1 aliphatic heterocycles. The Morgan fingerprint density at radius 3 is 2.48 bits per heavy atom. The lowest BCUT2D eigenvalue weighted by atomic mass is 10.00. The molecule has 1 fully saturated rings. The second kappa shape index (κ2) is 6.58. The second-order valence-corrected chi connectivity index (χ2v) is 7.56. The van der Waals surface area contributed by atoms with Gasteiger partial charge in [-0.3, -0.25) is 9.48 Å². The molecule has 130 valence electrons. The Balaban J connectivity index is 2.36. The van der Waals surface area contributed by atoms with Crippen molar-refractivity contribution >= 4 is 16.1 Å². The van der Waals surface area contributed by atoms with Crippen molar-refractivity contribution in [3.63, 3.8) is 0 Å². The van der Waals surface area contributed by atoms with Gasteiger partial charge in [0.15, 0.2) is 0 Å².